The van der Waals surface area contributed by atoms with E-state index in [0.717, 1.165) is 50.5 Å². The average molecular weight is 727 g/mol. The van der Waals surface area contributed by atoms with Crippen LogP contribution in [0.15, 0.2) is 78.6 Å². The standard InChI is InChI=1S/C43H51O8P/c1-15-31(16-25(2)30(7)45-8)36-21-32(46-9)22-37(48-11)40(36)41-38(49-12)23-33(47-10)24-39(41)52(44,34-17-26(3)42(50-13)27(4)18-34)35-19-28(5)43(51-14)29(6)20-35/h15-24H,7H2,1-6,8-14H3/b25-16-,31-15+. The molecular formula is C43H51O8P. The maximum Gasteiger partial charge on any atom is 0.171 e. The van der Waals surface area contributed by atoms with Crippen LogP contribution in [0.25, 0.3) is 16.7 Å². The highest BCUT2D eigenvalue weighted by atomic mass is 31.2. The molecule has 0 N–H and O–H groups in total. The predicted octanol–water partition coefficient (Wildman–Crippen LogP) is 8.79. The maximum atomic E-state index is 16.8. The third kappa shape index (κ3) is 7.31. The minimum absolute atomic E-state index is 0.445. The summed E-state index contributed by atoms with van der Waals surface area (Å²) < 4.78 is 57.8. The van der Waals surface area contributed by atoms with Gasteiger partial charge in [0.05, 0.1) is 49.8 Å². The molecule has 0 aliphatic rings. The van der Waals surface area contributed by atoms with E-state index in [1.165, 1.54) is 0 Å². The van der Waals surface area contributed by atoms with Crippen LogP contribution in [0.5, 0.6) is 34.5 Å². The molecule has 4 aromatic rings. The van der Waals surface area contributed by atoms with Gasteiger partial charge in [0, 0.05) is 39.2 Å². The van der Waals surface area contributed by atoms with Crippen LogP contribution in [0.4, 0.5) is 0 Å². The molecule has 0 amide bonds. The van der Waals surface area contributed by atoms with Crippen LogP contribution in [-0.2, 0) is 9.30 Å². The van der Waals surface area contributed by atoms with E-state index < -0.39 is 7.14 Å². The summed E-state index contributed by atoms with van der Waals surface area (Å²) in [6.07, 6.45) is 3.98. The van der Waals surface area contributed by atoms with Crippen molar-refractivity contribution in [1.29, 1.82) is 0 Å². The monoisotopic (exact) mass is 726 g/mol. The molecule has 0 saturated carbocycles. The maximum absolute atomic E-state index is 16.8. The Morgan fingerprint density at radius 2 is 1.06 bits per heavy atom. The van der Waals surface area contributed by atoms with Crippen molar-refractivity contribution >= 4 is 28.6 Å². The lowest BCUT2D eigenvalue weighted by molar-refractivity contribution is 0.303. The van der Waals surface area contributed by atoms with Crippen molar-refractivity contribution in [1.82, 2.24) is 0 Å². The lowest BCUT2D eigenvalue weighted by atomic mass is 9.91. The quantitative estimate of drug-likeness (QED) is 0.0725. The van der Waals surface area contributed by atoms with Crippen LogP contribution < -0.4 is 44.3 Å². The van der Waals surface area contributed by atoms with Crippen molar-refractivity contribution in [3.63, 3.8) is 0 Å². The van der Waals surface area contributed by atoms with Crippen LogP contribution in [0.2, 0.25) is 0 Å². The number of rotatable bonds is 14. The van der Waals surface area contributed by atoms with E-state index in [0.29, 0.717) is 55.8 Å². The molecule has 0 spiro atoms. The molecule has 0 radical (unpaired) electrons. The number of hydrogen-bond donors (Lipinski definition) is 0. The second-order valence-corrected chi connectivity index (χ2v) is 15.2. The van der Waals surface area contributed by atoms with Crippen molar-refractivity contribution in [2.24, 2.45) is 0 Å². The summed E-state index contributed by atoms with van der Waals surface area (Å²) in [6, 6.07) is 15.2. The van der Waals surface area contributed by atoms with Gasteiger partial charge in [0.1, 0.15) is 40.3 Å². The first-order valence-corrected chi connectivity index (χ1v) is 18.5. The summed E-state index contributed by atoms with van der Waals surface area (Å²) in [4.78, 5) is 0. The average Bonchev–Trinajstić information content (AvgIpc) is 3.14. The Labute approximate surface area is 309 Å². The number of allylic oxidation sites excluding steroid dienone is 4. The first-order chi connectivity index (χ1) is 24.8. The van der Waals surface area contributed by atoms with Gasteiger partial charge in [0.2, 0.25) is 0 Å². The van der Waals surface area contributed by atoms with Crippen molar-refractivity contribution in [2.45, 2.75) is 41.5 Å². The largest absolute Gasteiger partial charge is 0.497 e. The highest BCUT2D eigenvalue weighted by Crippen LogP contribution is 2.53. The zero-order valence-electron chi connectivity index (χ0n) is 32.7. The van der Waals surface area contributed by atoms with Gasteiger partial charge in [-0.05, 0) is 123 Å². The topological polar surface area (TPSA) is 81.7 Å². The van der Waals surface area contributed by atoms with E-state index in [1.807, 2.05) is 96.2 Å². The summed E-state index contributed by atoms with van der Waals surface area (Å²) in [7, 11) is 7.45. The summed E-state index contributed by atoms with van der Waals surface area (Å²) in [5, 5.41) is 1.74. The predicted molar refractivity (Wildman–Crippen MR) is 213 cm³/mol. The molecule has 0 aliphatic heterocycles. The number of ether oxygens (including phenoxy) is 7. The van der Waals surface area contributed by atoms with Gasteiger partial charge in [0.25, 0.3) is 0 Å². The SMILES string of the molecule is C=C(OC)/C(C)=C\C(=C/C)c1cc(OC)cc(OC)c1-c1c(OC)cc(OC)cc1P(=O)(c1cc(C)c(OC)c(C)c1)c1cc(C)c(OC)c(C)c1. The molecule has 0 bridgehead atoms. The fourth-order valence-corrected chi connectivity index (χ4v) is 9.99. The molecule has 0 saturated heterocycles. The van der Waals surface area contributed by atoms with Crippen LogP contribution in [0.3, 0.4) is 0 Å². The highest BCUT2D eigenvalue weighted by Gasteiger charge is 2.38. The molecular weight excluding hydrogens is 675 g/mol. The fraction of sp³-hybridized carbons (Fsp3) is 0.302. The Morgan fingerprint density at radius 1 is 0.615 bits per heavy atom. The summed E-state index contributed by atoms with van der Waals surface area (Å²) in [6.45, 7) is 15.8. The van der Waals surface area contributed by atoms with Gasteiger partial charge in [-0.1, -0.05) is 12.7 Å². The molecule has 0 aromatic heterocycles. The van der Waals surface area contributed by atoms with Crippen molar-refractivity contribution in [2.75, 3.05) is 49.8 Å². The summed E-state index contributed by atoms with van der Waals surface area (Å²) in [5.41, 5.74) is 7.06. The molecule has 9 heteroatoms. The first-order valence-electron chi connectivity index (χ1n) is 16.8. The normalized spacial score (nSPS) is 11.9. The minimum atomic E-state index is -3.81. The number of aryl methyl sites for hydroxylation is 4. The molecule has 276 valence electrons. The van der Waals surface area contributed by atoms with Crippen molar-refractivity contribution in [3.8, 4) is 45.6 Å². The summed E-state index contributed by atoms with van der Waals surface area (Å²) >= 11 is 0. The third-order valence-corrected chi connectivity index (χ3v) is 12.3. The Hall–Kier alpha value is -5.07. The van der Waals surface area contributed by atoms with Gasteiger partial charge in [-0.15, -0.1) is 0 Å². The first kappa shape index (κ1) is 39.7. The van der Waals surface area contributed by atoms with Crippen LogP contribution in [-0.4, -0.2) is 49.8 Å². The lowest BCUT2D eigenvalue weighted by Crippen LogP contribution is -2.28. The van der Waals surface area contributed by atoms with E-state index in [2.05, 4.69) is 6.58 Å². The number of methoxy groups -OCH3 is 7. The molecule has 0 atom stereocenters. The van der Waals surface area contributed by atoms with Gasteiger partial charge in [-0.25, -0.2) is 0 Å². The van der Waals surface area contributed by atoms with E-state index in [9.17, 15) is 0 Å². The molecule has 0 fully saturated rings. The highest BCUT2D eigenvalue weighted by molar-refractivity contribution is 7.85. The zero-order valence-corrected chi connectivity index (χ0v) is 33.6. The molecule has 0 aliphatic carbocycles. The Kier molecular flexibility index (Phi) is 12.6. The molecule has 8 nitrogen and oxygen atoms in total. The van der Waals surface area contributed by atoms with Gasteiger partial charge in [-0.2, -0.15) is 0 Å². The zero-order chi connectivity index (χ0) is 38.5. The van der Waals surface area contributed by atoms with Gasteiger partial charge < -0.3 is 37.7 Å². The van der Waals surface area contributed by atoms with E-state index in [1.54, 1.807) is 55.8 Å². The number of benzene rings is 4. The molecule has 0 unspecified atom stereocenters. The lowest BCUT2D eigenvalue weighted by Gasteiger charge is -2.28. The second kappa shape index (κ2) is 16.5. The van der Waals surface area contributed by atoms with E-state index >= 15 is 4.57 Å². The van der Waals surface area contributed by atoms with E-state index in [4.69, 9.17) is 33.2 Å². The van der Waals surface area contributed by atoms with Crippen molar-refractivity contribution < 1.29 is 37.7 Å². The van der Waals surface area contributed by atoms with Crippen LogP contribution >= 0.6 is 7.14 Å². The fourth-order valence-electron chi connectivity index (χ4n) is 6.79. The van der Waals surface area contributed by atoms with Crippen molar-refractivity contribution in [3.05, 3.63) is 106 Å². The Morgan fingerprint density at radius 3 is 1.44 bits per heavy atom. The Balaban J connectivity index is 2.35. The smallest absolute Gasteiger partial charge is 0.171 e. The van der Waals surface area contributed by atoms with E-state index in [-0.39, 0.29) is 0 Å². The molecule has 52 heavy (non-hydrogen) atoms. The van der Waals surface area contributed by atoms with Gasteiger partial charge >= 0.3 is 0 Å². The van der Waals surface area contributed by atoms with Crippen LogP contribution in [0, 0.1) is 27.7 Å². The Bertz CT molecular complexity index is 2000. The van der Waals surface area contributed by atoms with Gasteiger partial charge in [-0.3, -0.25) is 0 Å². The molecule has 4 aromatic carbocycles. The summed E-state index contributed by atoms with van der Waals surface area (Å²) in [5.74, 6) is 3.98. The van der Waals surface area contributed by atoms with Crippen LogP contribution in [0.1, 0.15) is 41.7 Å². The van der Waals surface area contributed by atoms with Gasteiger partial charge in [0.15, 0.2) is 7.14 Å². The number of hydrogen-bond acceptors (Lipinski definition) is 8. The molecule has 4 rings (SSSR count). The second-order valence-electron chi connectivity index (χ2n) is 12.5. The molecule has 0 heterocycles. The minimum Gasteiger partial charge on any atom is -0.497 e. The third-order valence-electron chi connectivity index (χ3n) is 9.34.